The van der Waals surface area contributed by atoms with Crippen LogP contribution >= 0.6 is 0 Å². The zero-order valence-electron chi connectivity index (χ0n) is 11.9. The fourth-order valence-corrected chi connectivity index (χ4v) is 3.34. The molecule has 0 amide bonds. The first-order chi connectivity index (χ1) is 9.10. The molecule has 0 bridgehead atoms. The summed E-state index contributed by atoms with van der Waals surface area (Å²) >= 11 is 0. The summed E-state index contributed by atoms with van der Waals surface area (Å²) in [5.41, 5.74) is 0. The molecule has 0 saturated carbocycles. The average molecular weight is 284 g/mol. The van der Waals surface area contributed by atoms with E-state index < -0.39 is 9.84 Å². The molecule has 108 valence electrons. The SMILES string of the molecule is CCCCCCCCS(=O)(=O)c1ccc(OC)cc1. The third-order valence-corrected chi connectivity index (χ3v) is 5.00. The number of benzene rings is 1. The summed E-state index contributed by atoms with van der Waals surface area (Å²) in [5.74, 6) is 0.921. The van der Waals surface area contributed by atoms with Crippen LogP contribution in [0.1, 0.15) is 45.4 Å². The highest BCUT2D eigenvalue weighted by atomic mass is 32.2. The van der Waals surface area contributed by atoms with E-state index in [2.05, 4.69) is 6.92 Å². The van der Waals surface area contributed by atoms with Crippen LogP contribution in [0.5, 0.6) is 5.75 Å². The molecule has 0 atom stereocenters. The third kappa shape index (κ3) is 5.64. The molecule has 1 aromatic rings. The lowest BCUT2D eigenvalue weighted by Crippen LogP contribution is -2.06. The van der Waals surface area contributed by atoms with Gasteiger partial charge in [0.05, 0.1) is 17.8 Å². The second-order valence-electron chi connectivity index (χ2n) is 4.76. The first kappa shape index (κ1) is 16.0. The van der Waals surface area contributed by atoms with Crippen LogP contribution in [0.25, 0.3) is 0 Å². The molecule has 0 aliphatic heterocycles. The number of hydrogen-bond donors (Lipinski definition) is 0. The molecule has 3 nitrogen and oxygen atoms in total. The Morgan fingerprint density at radius 3 is 2.11 bits per heavy atom. The number of hydrogen-bond acceptors (Lipinski definition) is 3. The van der Waals surface area contributed by atoms with Crippen molar-refractivity contribution in [1.29, 1.82) is 0 Å². The van der Waals surface area contributed by atoms with Gasteiger partial charge in [0.15, 0.2) is 9.84 Å². The van der Waals surface area contributed by atoms with Crippen molar-refractivity contribution in [3.63, 3.8) is 0 Å². The first-order valence-electron chi connectivity index (χ1n) is 6.97. The van der Waals surface area contributed by atoms with Crippen molar-refractivity contribution in [2.24, 2.45) is 0 Å². The van der Waals surface area contributed by atoms with Crippen LogP contribution in [0.2, 0.25) is 0 Å². The van der Waals surface area contributed by atoms with Gasteiger partial charge in [-0.2, -0.15) is 0 Å². The fourth-order valence-electron chi connectivity index (χ4n) is 1.97. The van der Waals surface area contributed by atoms with Crippen LogP contribution in [0.3, 0.4) is 0 Å². The zero-order chi connectivity index (χ0) is 14.1. The van der Waals surface area contributed by atoms with Crippen LogP contribution in [0, 0.1) is 0 Å². The van der Waals surface area contributed by atoms with Crippen LogP contribution in [0.4, 0.5) is 0 Å². The van der Waals surface area contributed by atoms with E-state index in [-0.39, 0.29) is 5.75 Å². The fraction of sp³-hybridized carbons (Fsp3) is 0.600. The number of methoxy groups -OCH3 is 1. The van der Waals surface area contributed by atoms with Gasteiger partial charge in [-0.15, -0.1) is 0 Å². The van der Waals surface area contributed by atoms with Crippen LogP contribution in [-0.4, -0.2) is 21.3 Å². The summed E-state index contributed by atoms with van der Waals surface area (Å²) in [6.07, 6.45) is 6.54. The minimum atomic E-state index is -3.13. The molecule has 0 fully saturated rings. The van der Waals surface area contributed by atoms with Crippen LogP contribution < -0.4 is 4.74 Å². The van der Waals surface area contributed by atoms with E-state index in [1.165, 1.54) is 19.3 Å². The largest absolute Gasteiger partial charge is 0.497 e. The van der Waals surface area contributed by atoms with Gasteiger partial charge in [0.2, 0.25) is 0 Å². The molecule has 0 radical (unpaired) electrons. The van der Waals surface area contributed by atoms with Crippen molar-refractivity contribution in [3.05, 3.63) is 24.3 Å². The summed E-state index contributed by atoms with van der Waals surface area (Å²) < 4.78 is 29.2. The van der Waals surface area contributed by atoms with E-state index in [9.17, 15) is 8.42 Å². The van der Waals surface area contributed by atoms with E-state index in [1.807, 2.05) is 0 Å². The molecule has 0 heterocycles. The van der Waals surface area contributed by atoms with Crippen molar-refractivity contribution in [3.8, 4) is 5.75 Å². The smallest absolute Gasteiger partial charge is 0.178 e. The van der Waals surface area contributed by atoms with Gasteiger partial charge in [-0.05, 0) is 30.7 Å². The van der Waals surface area contributed by atoms with E-state index in [0.717, 1.165) is 19.3 Å². The maximum absolute atomic E-state index is 12.1. The second kappa shape index (κ2) is 8.20. The van der Waals surface area contributed by atoms with Gasteiger partial charge in [0.1, 0.15) is 5.75 Å². The third-order valence-electron chi connectivity index (χ3n) is 3.19. The predicted molar refractivity (Wildman–Crippen MR) is 78.4 cm³/mol. The van der Waals surface area contributed by atoms with Gasteiger partial charge in [0, 0.05) is 0 Å². The van der Waals surface area contributed by atoms with Gasteiger partial charge in [-0.3, -0.25) is 0 Å². The van der Waals surface area contributed by atoms with Gasteiger partial charge in [-0.1, -0.05) is 39.0 Å². The number of rotatable bonds is 9. The summed E-state index contributed by atoms with van der Waals surface area (Å²) in [4.78, 5) is 0.391. The molecule has 0 saturated heterocycles. The summed E-state index contributed by atoms with van der Waals surface area (Å²) in [6, 6.07) is 6.61. The Labute approximate surface area is 116 Å². The molecular weight excluding hydrogens is 260 g/mol. The summed E-state index contributed by atoms with van der Waals surface area (Å²) in [5, 5.41) is 0. The predicted octanol–water partition coefficient (Wildman–Crippen LogP) is 3.83. The zero-order valence-corrected chi connectivity index (χ0v) is 12.7. The Balaban J connectivity index is 2.42. The van der Waals surface area contributed by atoms with Crippen molar-refractivity contribution >= 4 is 9.84 Å². The van der Waals surface area contributed by atoms with E-state index in [1.54, 1.807) is 31.4 Å². The molecule has 0 spiro atoms. The highest BCUT2D eigenvalue weighted by Crippen LogP contribution is 2.18. The van der Waals surface area contributed by atoms with Crippen molar-refractivity contribution < 1.29 is 13.2 Å². The Morgan fingerprint density at radius 2 is 1.53 bits per heavy atom. The second-order valence-corrected chi connectivity index (χ2v) is 6.87. The molecule has 0 unspecified atom stereocenters. The Kier molecular flexibility index (Phi) is 6.92. The maximum Gasteiger partial charge on any atom is 0.178 e. The molecule has 19 heavy (non-hydrogen) atoms. The number of ether oxygens (including phenoxy) is 1. The average Bonchev–Trinajstić information content (AvgIpc) is 2.43. The van der Waals surface area contributed by atoms with Crippen LogP contribution in [0.15, 0.2) is 29.2 Å². The minimum absolute atomic E-state index is 0.242. The molecule has 0 N–H and O–H groups in total. The molecule has 0 aromatic heterocycles. The van der Waals surface area contributed by atoms with Gasteiger partial charge in [0.25, 0.3) is 0 Å². The molecule has 4 heteroatoms. The standard InChI is InChI=1S/C15H24O3S/c1-3-4-5-6-7-8-13-19(16,17)15-11-9-14(18-2)10-12-15/h9-12H,3-8,13H2,1-2H3. The lowest BCUT2D eigenvalue weighted by Gasteiger charge is -2.05. The van der Waals surface area contributed by atoms with Gasteiger partial charge in [-0.25, -0.2) is 8.42 Å². The highest BCUT2D eigenvalue weighted by molar-refractivity contribution is 7.91. The Hall–Kier alpha value is -1.03. The highest BCUT2D eigenvalue weighted by Gasteiger charge is 2.13. The van der Waals surface area contributed by atoms with E-state index >= 15 is 0 Å². The van der Waals surface area contributed by atoms with Gasteiger partial charge < -0.3 is 4.74 Å². The van der Waals surface area contributed by atoms with Gasteiger partial charge >= 0.3 is 0 Å². The Bertz CT molecular complexity index is 449. The number of unbranched alkanes of at least 4 members (excludes halogenated alkanes) is 5. The summed E-state index contributed by atoms with van der Waals surface area (Å²) in [7, 11) is -1.56. The maximum atomic E-state index is 12.1. The van der Waals surface area contributed by atoms with E-state index in [0.29, 0.717) is 10.6 Å². The molecular formula is C15H24O3S. The van der Waals surface area contributed by atoms with E-state index in [4.69, 9.17) is 4.74 Å². The molecule has 1 rings (SSSR count). The first-order valence-corrected chi connectivity index (χ1v) is 8.62. The number of sulfone groups is 1. The van der Waals surface area contributed by atoms with Crippen molar-refractivity contribution in [2.75, 3.05) is 12.9 Å². The monoisotopic (exact) mass is 284 g/mol. The molecule has 1 aromatic carbocycles. The van der Waals surface area contributed by atoms with Crippen molar-refractivity contribution in [1.82, 2.24) is 0 Å². The summed E-state index contributed by atoms with van der Waals surface area (Å²) in [6.45, 7) is 2.17. The lowest BCUT2D eigenvalue weighted by atomic mass is 10.1. The molecule has 0 aliphatic rings. The minimum Gasteiger partial charge on any atom is -0.497 e. The molecule has 0 aliphatic carbocycles. The normalized spacial score (nSPS) is 11.5. The topological polar surface area (TPSA) is 43.4 Å². The van der Waals surface area contributed by atoms with Crippen molar-refractivity contribution in [2.45, 2.75) is 50.3 Å². The Morgan fingerprint density at radius 1 is 0.947 bits per heavy atom. The quantitative estimate of drug-likeness (QED) is 0.647. The lowest BCUT2D eigenvalue weighted by molar-refractivity contribution is 0.414. The van der Waals surface area contributed by atoms with Crippen LogP contribution in [-0.2, 0) is 9.84 Å².